The molecule has 0 heterocycles. The first kappa shape index (κ1) is 21.0. The molecule has 1 aliphatic rings. The Balaban J connectivity index is 1.62. The third-order valence-electron chi connectivity index (χ3n) is 4.18. The van der Waals surface area contributed by atoms with Gasteiger partial charge in [0, 0.05) is 32.8 Å². The first-order chi connectivity index (χ1) is 13.2. The Morgan fingerprint density at radius 2 is 1.96 bits per heavy atom. The van der Waals surface area contributed by atoms with Crippen LogP contribution in [-0.2, 0) is 16.1 Å². The van der Waals surface area contributed by atoms with Crippen LogP contribution in [0.25, 0.3) is 0 Å². The first-order valence-electron chi connectivity index (χ1n) is 9.70. The first-order valence-corrected chi connectivity index (χ1v) is 9.70. The van der Waals surface area contributed by atoms with E-state index in [0.29, 0.717) is 12.5 Å². The fourth-order valence-corrected chi connectivity index (χ4v) is 2.41. The van der Waals surface area contributed by atoms with Crippen molar-refractivity contribution < 1.29 is 14.3 Å². The Labute approximate surface area is 161 Å². The molecule has 1 fully saturated rings. The predicted molar refractivity (Wildman–Crippen MR) is 107 cm³/mol. The smallest absolute Gasteiger partial charge is 0.242 e. The Kier molecular flexibility index (Phi) is 9.48. The van der Waals surface area contributed by atoms with Crippen LogP contribution in [0.15, 0.2) is 29.3 Å². The minimum atomic E-state index is -0.115. The second kappa shape index (κ2) is 12.2. The number of amides is 1. The van der Waals surface area contributed by atoms with Crippen molar-refractivity contribution in [3.63, 3.8) is 0 Å². The molecule has 2 rings (SSSR count). The number of benzene rings is 1. The molecule has 1 amide bonds. The SMILES string of the molecule is CCNC(=NCC(=O)NCc1ccc(OC)cc1)NCCCOCC1CC1. The van der Waals surface area contributed by atoms with E-state index >= 15 is 0 Å². The summed E-state index contributed by atoms with van der Waals surface area (Å²) in [5.41, 5.74) is 1.02. The lowest BCUT2D eigenvalue weighted by molar-refractivity contribution is -0.119. The van der Waals surface area contributed by atoms with Gasteiger partial charge in [-0.15, -0.1) is 0 Å². The van der Waals surface area contributed by atoms with Gasteiger partial charge in [0.2, 0.25) is 5.91 Å². The molecule has 0 bridgehead atoms. The van der Waals surface area contributed by atoms with Crippen molar-refractivity contribution in [2.45, 2.75) is 32.7 Å². The molecular weight excluding hydrogens is 344 g/mol. The van der Waals surface area contributed by atoms with Crippen molar-refractivity contribution in [3.05, 3.63) is 29.8 Å². The number of hydrogen-bond donors (Lipinski definition) is 3. The number of aliphatic imine (C=N–C) groups is 1. The van der Waals surface area contributed by atoms with Crippen molar-refractivity contribution in [1.82, 2.24) is 16.0 Å². The van der Waals surface area contributed by atoms with Gasteiger partial charge in [-0.3, -0.25) is 4.79 Å². The van der Waals surface area contributed by atoms with Crippen LogP contribution in [-0.4, -0.2) is 51.8 Å². The van der Waals surface area contributed by atoms with Crippen molar-refractivity contribution in [1.29, 1.82) is 0 Å². The number of nitrogens with one attached hydrogen (secondary N) is 3. The molecular formula is C20H32N4O3. The molecule has 150 valence electrons. The third-order valence-corrected chi connectivity index (χ3v) is 4.18. The van der Waals surface area contributed by atoms with E-state index in [0.717, 1.165) is 50.0 Å². The van der Waals surface area contributed by atoms with Gasteiger partial charge in [-0.2, -0.15) is 0 Å². The Morgan fingerprint density at radius 3 is 2.63 bits per heavy atom. The molecule has 0 radical (unpaired) electrons. The lowest BCUT2D eigenvalue weighted by Crippen LogP contribution is -2.39. The molecule has 0 aromatic heterocycles. The van der Waals surface area contributed by atoms with Crippen LogP contribution in [0.3, 0.4) is 0 Å². The van der Waals surface area contributed by atoms with Gasteiger partial charge in [0.15, 0.2) is 5.96 Å². The average molecular weight is 377 g/mol. The summed E-state index contributed by atoms with van der Waals surface area (Å²) in [6, 6.07) is 7.61. The quantitative estimate of drug-likeness (QED) is 0.294. The maximum Gasteiger partial charge on any atom is 0.242 e. The highest BCUT2D eigenvalue weighted by atomic mass is 16.5. The van der Waals surface area contributed by atoms with Gasteiger partial charge in [-0.1, -0.05) is 12.1 Å². The topological polar surface area (TPSA) is 84.0 Å². The fraction of sp³-hybridized carbons (Fsp3) is 0.600. The van der Waals surface area contributed by atoms with Gasteiger partial charge < -0.3 is 25.4 Å². The maximum atomic E-state index is 12.0. The Morgan fingerprint density at radius 1 is 1.19 bits per heavy atom. The number of nitrogens with zero attached hydrogens (tertiary/aromatic N) is 1. The van der Waals surface area contributed by atoms with Gasteiger partial charge in [-0.25, -0.2) is 4.99 Å². The summed E-state index contributed by atoms with van der Waals surface area (Å²) in [5.74, 6) is 2.14. The summed E-state index contributed by atoms with van der Waals surface area (Å²) in [7, 11) is 1.63. The summed E-state index contributed by atoms with van der Waals surface area (Å²) < 4.78 is 10.7. The van der Waals surface area contributed by atoms with Gasteiger partial charge in [0.1, 0.15) is 12.3 Å². The lowest BCUT2D eigenvalue weighted by Gasteiger charge is -2.11. The number of carbonyl (C=O) groups excluding carboxylic acids is 1. The van der Waals surface area contributed by atoms with Crippen LogP contribution in [0.4, 0.5) is 0 Å². The third kappa shape index (κ3) is 9.28. The van der Waals surface area contributed by atoms with Gasteiger partial charge in [-0.05, 0) is 49.8 Å². The second-order valence-electron chi connectivity index (χ2n) is 6.62. The number of hydrogen-bond acceptors (Lipinski definition) is 4. The van der Waals surface area contributed by atoms with Crippen molar-refractivity contribution in [2.24, 2.45) is 10.9 Å². The van der Waals surface area contributed by atoms with Crippen molar-refractivity contribution in [2.75, 3.05) is 40.0 Å². The summed E-state index contributed by atoms with van der Waals surface area (Å²) in [6.07, 6.45) is 3.55. The van der Waals surface area contributed by atoms with E-state index in [-0.39, 0.29) is 12.5 Å². The predicted octanol–water partition coefficient (Wildman–Crippen LogP) is 1.68. The van der Waals surface area contributed by atoms with E-state index < -0.39 is 0 Å². The Bertz CT molecular complexity index is 585. The van der Waals surface area contributed by atoms with Crippen molar-refractivity contribution >= 4 is 11.9 Å². The number of guanidine groups is 1. The minimum absolute atomic E-state index is 0.0870. The zero-order valence-electron chi connectivity index (χ0n) is 16.4. The highest BCUT2D eigenvalue weighted by molar-refractivity contribution is 5.84. The summed E-state index contributed by atoms with van der Waals surface area (Å²) in [5, 5.41) is 9.25. The molecule has 27 heavy (non-hydrogen) atoms. The molecule has 1 aromatic carbocycles. The lowest BCUT2D eigenvalue weighted by atomic mass is 10.2. The summed E-state index contributed by atoms with van der Waals surface area (Å²) >= 11 is 0. The van der Waals surface area contributed by atoms with E-state index in [1.165, 1.54) is 12.8 Å². The van der Waals surface area contributed by atoms with Gasteiger partial charge in [0.05, 0.1) is 7.11 Å². The average Bonchev–Trinajstić information content (AvgIpc) is 3.51. The number of ether oxygens (including phenoxy) is 2. The van der Waals surface area contributed by atoms with E-state index in [1.54, 1.807) is 7.11 Å². The zero-order chi connectivity index (χ0) is 19.3. The van der Waals surface area contributed by atoms with E-state index in [4.69, 9.17) is 9.47 Å². The minimum Gasteiger partial charge on any atom is -0.497 e. The van der Waals surface area contributed by atoms with Crippen LogP contribution < -0.4 is 20.7 Å². The highest BCUT2D eigenvalue weighted by Gasteiger charge is 2.20. The number of carbonyl (C=O) groups is 1. The molecule has 3 N–H and O–H groups in total. The highest BCUT2D eigenvalue weighted by Crippen LogP contribution is 2.28. The standard InChI is InChI=1S/C20H32N4O3/c1-3-21-20(22-11-4-12-27-15-17-5-6-17)24-14-19(25)23-13-16-7-9-18(26-2)10-8-16/h7-10,17H,3-6,11-15H2,1-2H3,(H,23,25)(H2,21,22,24). The summed E-state index contributed by atoms with van der Waals surface area (Å²) in [6.45, 7) is 5.72. The molecule has 0 unspecified atom stereocenters. The molecule has 7 heteroatoms. The van der Waals surface area contributed by atoms with E-state index in [1.807, 2.05) is 31.2 Å². The molecule has 0 aliphatic heterocycles. The molecule has 0 saturated heterocycles. The second-order valence-corrected chi connectivity index (χ2v) is 6.62. The molecule has 0 spiro atoms. The molecule has 1 aromatic rings. The maximum absolute atomic E-state index is 12.0. The van der Waals surface area contributed by atoms with Crippen LogP contribution >= 0.6 is 0 Å². The van der Waals surface area contributed by atoms with Gasteiger partial charge in [0.25, 0.3) is 0 Å². The molecule has 7 nitrogen and oxygen atoms in total. The largest absolute Gasteiger partial charge is 0.497 e. The Hall–Kier alpha value is -2.28. The monoisotopic (exact) mass is 376 g/mol. The fourth-order valence-electron chi connectivity index (χ4n) is 2.41. The van der Waals surface area contributed by atoms with Crippen LogP contribution in [0.2, 0.25) is 0 Å². The molecule has 1 saturated carbocycles. The van der Waals surface area contributed by atoms with Crippen molar-refractivity contribution in [3.8, 4) is 5.75 Å². The van der Waals surface area contributed by atoms with E-state index in [9.17, 15) is 4.79 Å². The molecule has 1 aliphatic carbocycles. The van der Waals surface area contributed by atoms with Gasteiger partial charge >= 0.3 is 0 Å². The van der Waals surface area contributed by atoms with Crippen LogP contribution in [0, 0.1) is 5.92 Å². The number of rotatable bonds is 12. The summed E-state index contributed by atoms with van der Waals surface area (Å²) in [4.78, 5) is 16.3. The number of methoxy groups -OCH3 is 1. The normalized spacial score (nSPS) is 13.9. The zero-order valence-corrected chi connectivity index (χ0v) is 16.4. The van der Waals surface area contributed by atoms with Crippen LogP contribution in [0.5, 0.6) is 5.75 Å². The van der Waals surface area contributed by atoms with E-state index in [2.05, 4.69) is 20.9 Å². The molecule has 0 atom stereocenters. The van der Waals surface area contributed by atoms with Crippen LogP contribution in [0.1, 0.15) is 31.7 Å².